The van der Waals surface area contributed by atoms with Crippen molar-refractivity contribution in [2.75, 3.05) is 19.6 Å². The quantitative estimate of drug-likeness (QED) is 0.123. The maximum atomic E-state index is 10.8. The molecule has 228 valence electrons. The van der Waals surface area contributed by atoms with Crippen molar-refractivity contribution in [3.8, 4) is 0 Å². The number of hydrogen-bond donors (Lipinski definition) is 1. The molecule has 6 rings (SSSR count). The molecule has 0 saturated carbocycles. The summed E-state index contributed by atoms with van der Waals surface area (Å²) < 4.78 is 30.5. The molecule has 1 saturated heterocycles. The first-order valence-electron chi connectivity index (χ1n) is 14.7. The Morgan fingerprint density at radius 1 is 0.795 bits per heavy atom. The van der Waals surface area contributed by atoms with Gasteiger partial charge in [-0.25, -0.2) is 0 Å². The summed E-state index contributed by atoms with van der Waals surface area (Å²) in [5, 5.41) is 1.74. The molecule has 1 fully saturated rings. The molecule has 1 aliphatic rings. The zero-order valence-electron chi connectivity index (χ0n) is 24.6. The highest BCUT2D eigenvalue weighted by Crippen LogP contribution is 2.37. The van der Waals surface area contributed by atoms with Gasteiger partial charge in [0.25, 0.3) is 10.1 Å². The molecule has 1 aromatic heterocycles. The molecule has 8 heteroatoms. The Bertz CT molecular complexity index is 1670. The summed E-state index contributed by atoms with van der Waals surface area (Å²) in [5.74, 6) is 1.14. The molecule has 2 heterocycles. The Kier molecular flexibility index (Phi) is 11.8. The Morgan fingerprint density at radius 2 is 1.36 bits per heavy atom. The predicted molar refractivity (Wildman–Crippen MR) is 178 cm³/mol. The SMILES string of the molecule is C(=N\CCc1ccncc1)/N1CCC(C(c2ccccc2)c2ccccc2)CC1.O.O=S(=O)(O)c1ccc2ccccc2c1. The van der Waals surface area contributed by atoms with E-state index in [4.69, 9.17) is 4.55 Å². The first-order chi connectivity index (χ1) is 21.0. The van der Waals surface area contributed by atoms with Gasteiger partial charge in [0.1, 0.15) is 0 Å². The van der Waals surface area contributed by atoms with Crippen molar-refractivity contribution in [3.63, 3.8) is 0 Å². The molecule has 0 bridgehead atoms. The number of likely N-dealkylation sites (tertiary alicyclic amines) is 1. The number of hydrogen-bond acceptors (Lipinski definition) is 4. The smallest absolute Gasteiger partial charge is 0.294 e. The summed E-state index contributed by atoms with van der Waals surface area (Å²) in [7, 11) is -4.09. The molecule has 0 unspecified atom stereocenters. The summed E-state index contributed by atoms with van der Waals surface area (Å²) in [6.07, 6.45) is 9.13. The Balaban J connectivity index is 0.000000248. The predicted octanol–water partition coefficient (Wildman–Crippen LogP) is 6.46. The number of aliphatic imine (C=N–C) groups is 1. The van der Waals surface area contributed by atoms with E-state index in [0.29, 0.717) is 11.8 Å². The van der Waals surface area contributed by atoms with Gasteiger partial charge in [-0.05, 0) is 76.9 Å². The second-order valence-corrected chi connectivity index (χ2v) is 12.2. The summed E-state index contributed by atoms with van der Waals surface area (Å²) in [6, 6.07) is 38.0. The molecule has 5 aromatic rings. The van der Waals surface area contributed by atoms with Crippen LogP contribution in [0.5, 0.6) is 0 Å². The third kappa shape index (κ3) is 9.07. The van der Waals surface area contributed by atoms with Crippen LogP contribution in [0.25, 0.3) is 10.8 Å². The summed E-state index contributed by atoms with van der Waals surface area (Å²) in [5.41, 5.74) is 4.16. The minimum Gasteiger partial charge on any atom is -0.412 e. The monoisotopic (exact) mass is 609 g/mol. The van der Waals surface area contributed by atoms with E-state index < -0.39 is 10.1 Å². The lowest BCUT2D eigenvalue weighted by Crippen LogP contribution is -2.35. The van der Waals surface area contributed by atoms with Crippen LogP contribution in [0.4, 0.5) is 0 Å². The third-order valence-electron chi connectivity index (χ3n) is 7.91. The van der Waals surface area contributed by atoms with Gasteiger partial charge in [0, 0.05) is 37.9 Å². The van der Waals surface area contributed by atoms with Crippen LogP contribution in [-0.4, -0.2) is 54.3 Å². The number of pyridine rings is 1. The average molecular weight is 610 g/mol. The van der Waals surface area contributed by atoms with E-state index in [9.17, 15) is 8.42 Å². The van der Waals surface area contributed by atoms with Crippen molar-refractivity contribution in [3.05, 3.63) is 144 Å². The Morgan fingerprint density at radius 3 is 1.95 bits per heavy atom. The fourth-order valence-corrected chi connectivity index (χ4v) is 6.19. The van der Waals surface area contributed by atoms with Gasteiger partial charge in [0.05, 0.1) is 11.2 Å². The van der Waals surface area contributed by atoms with Crippen molar-refractivity contribution in [2.24, 2.45) is 10.9 Å². The van der Waals surface area contributed by atoms with Crippen molar-refractivity contribution in [2.45, 2.75) is 30.1 Å². The molecule has 0 amide bonds. The van der Waals surface area contributed by atoms with Crippen molar-refractivity contribution >= 4 is 27.2 Å². The number of piperidine rings is 1. The second-order valence-electron chi connectivity index (χ2n) is 10.8. The number of nitrogens with zero attached hydrogens (tertiary/aromatic N) is 3. The summed E-state index contributed by atoms with van der Waals surface area (Å²) in [4.78, 5) is 11.0. The second kappa shape index (κ2) is 15.9. The first kappa shape index (κ1) is 32.5. The normalized spacial score (nSPS) is 13.8. The highest BCUT2D eigenvalue weighted by molar-refractivity contribution is 7.85. The van der Waals surface area contributed by atoms with E-state index in [-0.39, 0.29) is 10.4 Å². The van der Waals surface area contributed by atoms with Crippen molar-refractivity contribution in [1.29, 1.82) is 0 Å². The molecule has 7 nitrogen and oxygen atoms in total. The topological polar surface area (TPSA) is 114 Å². The molecule has 3 N–H and O–H groups in total. The lowest BCUT2D eigenvalue weighted by Gasteiger charge is -2.36. The first-order valence-corrected chi connectivity index (χ1v) is 16.1. The van der Waals surface area contributed by atoms with Gasteiger partial charge in [-0.1, -0.05) is 91.0 Å². The number of rotatable bonds is 8. The van der Waals surface area contributed by atoms with Crippen LogP contribution in [0.1, 0.15) is 35.4 Å². The minimum atomic E-state index is -4.09. The van der Waals surface area contributed by atoms with Crippen LogP contribution in [0.2, 0.25) is 0 Å². The fraction of sp³-hybridized carbons (Fsp3) is 0.222. The van der Waals surface area contributed by atoms with E-state index in [0.717, 1.165) is 36.8 Å². The number of fused-ring (bicyclic) bond motifs is 1. The summed E-state index contributed by atoms with van der Waals surface area (Å²) >= 11 is 0. The van der Waals surface area contributed by atoms with Gasteiger partial charge in [-0.2, -0.15) is 8.42 Å². The Hall–Kier alpha value is -4.37. The van der Waals surface area contributed by atoms with Gasteiger partial charge < -0.3 is 10.4 Å². The van der Waals surface area contributed by atoms with Crippen molar-refractivity contribution in [1.82, 2.24) is 9.88 Å². The molecule has 1 aliphatic heterocycles. The highest BCUT2D eigenvalue weighted by atomic mass is 32.2. The van der Waals surface area contributed by atoms with Crippen LogP contribution in [0.15, 0.2) is 138 Å². The van der Waals surface area contributed by atoms with Crippen molar-refractivity contribution < 1.29 is 18.4 Å². The third-order valence-corrected chi connectivity index (χ3v) is 8.76. The summed E-state index contributed by atoms with van der Waals surface area (Å²) in [6.45, 7) is 3.00. The van der Waals surface area contributed by atoms with Gasteiger partial charge >= 0.3 is 0 Å². The highest BCUT2D eigenvalue weighted by Gasteiger charge is 2.28. The van der Waals surface area contributed by atoms with Crippen LogP contribution in [-0.2, 0) is 16.5 Å². The fourth-order valence-electron chi connectivity index (χ4n) is 5.67. The molecular weight excluding hydrogens is 570 g/mol. The van der Waals surface area contributed by atoms with E-state index >= 15 is 0 Å². The lowest BCUT2D eigenvalue weighted by atomic mass is 9.76. The van der Waals surface area contributed by atoms with Gasteiger partial charge in [-0.3, -0.25) is 14.5 Å². The van der Waals surface area contributed by atoms with Crippen LogP contribution < -0.4 is 0 Å². The minimum absolute atomic E-state index is 0. The standard InChI is InChI=1S/C26H29N3.C10H8O3S.H2O/c1-3-7-23(8-4-1)26(24-9-5-2-6-10-24)25-14-19-29(20-15-25)21-28-18-13-22-11-16-27-17-12-22;11-14(12,13)10-6-5-8-3-1-2-4-9(8)7-10;/h1-12,16-17,21,25-26H,13-15,18-20H2;1-7H,(H,11,12,13);1H2/b28-21+;;. The largest absolute Gasteiger partial charge is 0.412 e. The van der Waals surface area contributed by atoms with Crippen LogP contribution in [0.3, 0.4) is 0 Å². The molecular formula is C36H39N3O4S. The maximum Gasteiger partial charge on any atom is 0.294 e. The number of aromatic nitrogens is 1. The maximum absolute atomic E-state index is 10.8. The molecule has 0 spiro atoms. The van der Waals surface area contributed by atoms with Gasteiger partial charge in [0.2, 0.25) is 0 Å². The lowest BCUT2D eigenvalue weighted by molar-refractivity contribution is 0.254. The van der Waals surface area contributed by atoms with E-state index in [2.05, 4.69) is 94.0 Å². The van der Waals surface area contributed by atoms with Gasteiger partial charge in [0.15, 0.2) is 0 Å². The van der Waals surface area contributed by atoms with Crippen LogP contribution >= 0.6 is 0 Å². The van der Waals surface area contributed by atoms with Crippen LogP contribution in [0, 0.1) is 5.92 Å². The molecule has 4 aromatic carbocycles. The zero-order valence-corrected chi connectivity index (χ0v) is 25.4. The molecule has 0 aliphatic carbocycles. The Labute approximate surface area is 260 Å². The van der Waals surface area contributed by atoms with E-state index in [1.807, 2.05) is 30.6 Å². The molecule has 44 heavy (non-hydrogen) atoms. The average Bonchev–Trinajstić information content (AvgIpc) is 3.05. The zero-order chi connectivity index (χ0) is 29.9. The van der Waals surface area contributed by atoms with E-state index in [1.54, 1.807) is 12.1 Å². The van der Waals surface area contributed by atoms with Gasteiger partial charge in [-0.15, -0.1) is 0 Å². The molecule has 0 radical (unpaired) electrons. The molecule has 0 atom stereocenters. The number of benzene rings is 4. The van der Waals surface area contributed by atoms with E-state index in [1.165, 1.54) is 41.7 Å².